The third-order valence-electron chi connectivity index (χ3n) is 9.54. The maximum Gasteiger partial charge on any atom is 0.410 e. The summed E-state index contributed by atoms with van der Waals surface area (Å²) in [6, 6.07) is 16.3. The van der Waals surface area contributed by atoms with E-state index in [1.807, 2.05) is 70.7 Å². The lowest BCUT2D eigenvalue weighted by atomic mass is 10.0. The van der Waals surface area contributed by atoms with E-state index in [1.165, 1.54) is 37.2 Å². The van der Waals surface area contributed by atoms with Gasteiger partial charge in [0.2, 0.25) is 5.24 Å². The van der Waals surface area contributed by atoms with Gasteiger partial charge in [-0.2, -0.15) is 0 Å². The van der Waals surface area contributed by atoms with Gasteiger partial charge in [-0.25, -0.2) is 19.6 Å². The number of ketones is 1. The standard InChI is InChI=1S/C23H24N2O3S2.C20H22N2O2S2.C3H4Cl2O/c1-5-14(26)12-18-20(21-24-16-8-6-7-9-17(16)30-21)15-10-11-25(13-19(15)29-18)22(27)28-23(2,3)4;1-12-17(18-21-14-7-5-6-8-15(14)26-18)13-9-10-22(11-16(13)25-12)19(23)24-20(2,3)4;4-2-1-3(5)6/h5-9H,1,10-13H2,2-4H3;5-8H,9-11H2,1-4H3;1-2H2. The summed E-state index contributed by atoms with van der Waals surface area (Å²) in [5.41, 5.74) is 5.92. The zero-order valence-electron chi connectivity index (χ0n) is 35.9. The number of rotatable bonds is 7. The fourth-order valence-electron chi connectivity index (χ4n) is 6.88. The van der Waals surface area contributed by atoms with Crippen LogP contribution in [0.5, 0.6) is 0 Å². The number of thiophene rings is 2. The van der Waals surface area contributed by atoms with Crippen molar-refractivity contribution in [2.24, 2.45) is 0 Å². The number of para-hydroxylation sites is 2. The van der Waals surface area contributed by atoms with Gasteiger partial charge in [0.25, 0.3) is 0 Å². The van der Waals surface area contributed by atoms with Crippen molar-refractivity contribution in [3.63, 3.8) is 0 Å². The smallest absolute Gasteiger partial charge is 0.410 e. The number of fused-ring (bicyclic) bond motifs is 4. The molecular weight excluding hydrogens is 904 g/mol. The molecule has 0 saturated carbocycles. The Labute approximate surface area is 388 Å². The molecule has 0 atom stereocenters. The molecule has 0 radical (unpaired) electrons. The molecule has 0 unspecified atom stereocenters. The molecule has 2 amide bonds. The van der Waals surface area contributed by atoms with Crippen LogP contribution < -0.4 is 0 Å². The topological polar surface area (TPSA) is 119 Å². The number of carbonyl (C=O) groups is 4. The Bertz CT molecular complexity index is 2550. The van der Waals surface area contributed by atoms with Crippen molar-refractivity contribution in [1.82, 2.24) is 19.8 Å². The van der Waals surface area contributed by atoms with Crippen LogP contribution in [-0.4, -0.2) is 73.2 Å². The van der Waals surface area contributed by atoms with Crippen LogP contribution in [-0.2, 0) is 51.4 Å². The molecule has 328 valence electrons. The molecule has 16 heteroatoms. The summed E-state index contributed by atoms with van der Waals surface area (Å²) in [6.45, 7) is 19.5. The van der Waals surface area contributed by atoms with Gasteiger partial charge in [0, 0.05) is 62.4 Å². The Kier molecular flexibility index (Phi) is 15.3. The van der Waals surface area contributed by atoms with Gasteiger partial charge in [-0.05, 0) is 114 Å². The molecule has 0 N–H and O–H groups in total. The van der Waals surface area contributed by atoms with Gasteiger partial charge in [0.1, 0.15) is 21.2 Å². The number of thiazole rings is 2. The molecule has 6 heterocycles. The number of hydrogen-bond acceptors (Lipinski definition) is 12. The van der Waals surface area contributed by atoms with Gasteiger partial charge in [0.15, 0.2) is 5.78 Å². The number of carbonyl (C=O) groups excluding carboxylic acids is 4. The summed E-state index contributed by atoms with van der Waals surface area (Å²) in [4.78, 5) is 64.7. The lowest BCUT2D eigenvalue weighted by molar-refractivity contribution is -0.114. The third-order valence-corrected chi connectivity index (χ3v) is 14.4. The van der Waals surface area contributed by atoms with E-state index in [-0.39, 0.29) is 29.6 Å². The minimum atomic E-state index is -0.527. The number of nitrogens with zero attached hydrogens (tertiary/aromatic N) is 4. The van der Waals surface area contributed by atoms with Gasteiger partial charge in [-0.3, -0.25) is 9.59 Å². The second-order valence-corrected chi connectivity index (χ2v) is 22.0. The molecule has 0 saturated heterocycles. The highest BCUT2D eigenvalue weighted by Crippen LogP contribution is 2.44. The first-order valence-corrected chi connectivity index (χ1v) is 24.3. The fraction of sp³-hybridized carbons (Fsp3) is 0.391. The van der Waals surface area contributed by atoms with Crippen molar-refractivity contribution in [3.05, 3.63) is 91.8 Å². The molecule has 62 heavy (non-hydrogen) atoms. The largest absolute Gasteiger partial charge is 0.444 e. The fourth-order valence-corrected chi connectivity index (χ4v) is 12.2. The van der Waals surface area contributed by atoms with E-state index < -0.39 is 11.2 Å². The zero-order chi connectivity index (χ0) is 44.9. The molecule has 6 aromatic rings. The van der Waals surface area contributed by atoms with Crippen molar-refractivity contribution in [2.75, 3.05) is 19.0 Å². The number of allylic oxidation sites excluding steroid dienone is 1. The van der Waals surface area contributed by atoms with Crippen LogP contribution in [0.3, 0.4) is 0 Å². The van der Waals surface area contributed by atoms with Crippen LogP contribution in [0.1, 0.15) is 78.6 Å². The van der Waals surface area contributed by atoms with Gasteiger partial charge >= 0.3 is 12.2 Å². The molecule has 4 aromatic heterocycles. The highest BCUT2D eigenvalue weighted by atomic mass is 35.5. The zero-order valence-corrected chi connectivity index (χ0v) is 40.7. The quantitative estimate of drug-likeness (QED) is 0.0882. The lowest BCUT2D eigenvalue weighted by Gasteiger charge is -2.30. The summed E-state index contributed by atoms with van der Waals surface area (Å²) in [6.07, 6.45) is 2.99. The number of amides is 2. The van der Waals surface area contributed by atoms with Gasteiger partial charge in [-0.1, -0.05) is 30.8 Å². The number of ether oxygens (including phenoxy) is 2. The number of alkyl halides is 1. The first kappa shape index (κ1) is 47.3. The van der Waals surface area contributed by atoms with Crippen molar-refractivity contribution in [1.29, 1.82) is 0 Å². The SMILES string of the molecule is C=CC(=O)Cc1sc2c(c1-c1nc3ccccc3s1)CCN(C(=O)OC(C)(C)C)C2.Cc1sc2c(c1-c1nc3ccccc3s1)CCN(C(=O)OC(C)(C)C)C2.O=C(Cl)CCCl. The van der Waals surface area contributed by atoms with Crippen molar-refractivity contribution >= 4 is 112 Å². The lowest BCUT2D eigenvalue weighted by Crippen LogP contribution is -2.39. The number of aromatic nitrogens is 2. The molecule has 2 aromatic carbocycles. The Hall–Kier alpha value is -4.18. The van der Waals surface area contributed by atoms with E-state index in [9.17, 15) is 19.2 Å². The van der Waals surface area contributed by atoms with Crippen LogP contribution in [0, 0.1) is 6.92 Å². The van der Waals surface area contributed by atoms with Crippen molar-refractivity contribution in [2.45, 2.75) is 98.4 Å². The molecule has 8 rings (SSSR count). The predicted molar refractivity (Wildman–Crippen MR) is 256 cm³/mol. The van der Waals surface area contributed by atoms with Crippen LogP contribution in [0.25, 0.3) is 41.6 Å². The number of hydrogen-bond donors (Lipinski definition) is 0. The second-order valence-electron chi connectivity index (χ2n) is 16.7. The molecule has 2 aliphatic heterocycles. The number of halogens is 2. The molecule has 10 nitrogen and oxygen atoms in total. The van der Waals surface area contributed by atoms with E-state index in [0.29, 0.717) is 38.5 Å². The summed E-state index contributed by atoms with van der Waals surface area (Å²) in [7, 11) is 0. The summed E-state index contributed by atoms with van der Waals surface area (Å²) in [5, 5.41) is 1.66. The Morgan fingerprint density at radius 3 is 1.65 bits per heavy atom. The van der Waals surface area contributed by atoms with Crippen molar-refractivity contribution < 1.29 is 28.7 Å². The highest BCUT2D eigenvalue weighted by molar-refractivity contribution is 7.22. The number of aryl methyl sites for hydroxylation is 1. The van der Waals surface area contributed by atoms with Gasteiger partial charge in [0.05, 0.1) is 33.5 Å². The van der Waals surface area contributed by atoms with E-state index in [0.717, 1.165) is 53.9 Å². The van der Waals surface area contributed by atoms with Crippen LogP contribution in [0.2, 0.25) is 0 Å². The van der Waals surface area contributed by atoms with E-state index in [4.69, 9.17) is 42.6 Å². The monoisotopic (exact) mass is 952 g/mol. The maximum absolute atomic E-state index is 12.6. The molecular formula is C46H50Cl2N4O6S4. The first-order valence-electron chi connectivity index (χ1n) is 20.2. The highest BCUT2D eigenvalue weighted by Gasteiger charge is 2.32. The molecule has 0 bridgehead atoms. The summed E-state index contributed by atoms with van der Waals surface area (Å²) in [5.74, 6) is 0.308. The van der Waals surface area contributed by atoms with E-state index in [2.05, 4.69) is 37.8 Å². The minimum absolute atomic E-state index is 0.0139. The van der Waals surface area contributed by atoms with Crippen molar-refractivity contribution in [3.8, 4) is 21.1 Å². The minimum Gasteiger partial charge on any atom is -0.444 e. The van der Waals surface area contributed by atoms with Gasteiger partial charge in [-0.15, -0.1) is 56.9 Å². The summed E-state index contributed by atoms with van der Waals surface area (Å²) < 4.78 is 13.4. The average Bonchev–Trinajstić information content (AvgIpc) is 3.97. The maximum atomic E-state index is 12.6. The molecule has 0 aliphatic carbocycles. The van der Waals surface area contributed by atoms with Crippen LogP contribution in [0.4, 0.5) is 9.59 Å². The Balaban J connectivity index is 0.000000184. The third kappa shape index (κ3) is 11.9. The molecule has 0 fully saturated rings. The number of benzene rings is 2. The van der Waals surface area contributed by atoms with E-state index >= 15 is 0 Å². The van der Waals surface area contributed by atoms with Crippen LogP contribution in [0.15, 0.2) is 61.2 Å². The van der Waals surface area contributed by atoms with Crippen LogP contribution >= 0.6 is 68.5 Å². The molecule has 2 aliphatic rings. The Morgan fingerprint density at radius 2 is 1.21 bits per heavy atom. The van der Waals surface area contributed by atoms with Gasteiger partial charge < -0.3 is 19.3 Å². The van der Waals surface area contributed by atoms with E-state index in [1.54, 1.807) is 50.2 Å². The first-order chi connectivity index (χ1) is 29.3. The second kappa shape index (κ2) is 20.1. The Morgan fingerprint density at radius 1 is 0.742 bits per heavy atom. The summed E-state index contributed by atoms with van der Waals surface area (Å²) >= 11 is 16.7. The molecule has 0 spiro atoms. The predicted octanol–water partition coefficient (Wildman–Crippen LogP) is 12.6. The average molecular weight is 954 g/mol. The normalized spacial score (nSPS) is 13.6.